The summed E-state index contributed by atoms with van der Waals surface area (Å²) in [6, 6.07) is 10.2. The van der Waals surface area contributed by atoms with Crippen molar-refractivity contribution < 1.29 is 19.4 Å². The van der Waals surface area contributed by atoms with Crippen molar-refractivity contribution in [3.63, 3.8) is 0 Å². The number of thiophene rings is 1. The monoisotopic (exact) mass is 345 g/mol. The van der Waals surface area contributed by atoms with Gasteiger partial charge in [-0.3, -0.25) is 4.79 Å². The smallest absolute Gasteiger partial charge is 0.352 e. The van der Waals surface area contributed by atoms with E-state index in [0.29, 0.717) is 17.9 Å². The Morgan fingerprint density at radius 2 is 2.00 bits per heavy atom. The molecule has 2 aromatic rings. The van der Waals surface area contributed by atoms with Gasteiger partial charge in [0.2, 0.25) is 0 Å². The molecule has 0 radical (unpaired) electrons. The van der Waals surface area contributed by atoms with Gasteiger partial charge in [-0.1, -0.05) is 19.4 Å². The summed E-state index contributed by atoms with van der Waals surface area (Å²) in [6.45, 7) is 2.72. The molecule has 0 aliphatic heterocycles. The summed E-state index contributed by atoms with van der Waals surface area (Å²) < 4.78 is 5.53. The molecule has 2 rings (SSSR count). The number of unbranched alkanes of at least 4 members (excludes halogenated alkanes) is 1. The molecular weight excluding hydrogens is 326 g/mol. The fourth-order valence-electron chi connectivity index (χ4n) is 1.90. The number of ether oxygens (including phenoxy) is 1. The second-order valence-electron chi connectivity index (χ2n) is 5.06. The van der Waals surface area contributed by atoms with Gasteiger partial charge in [-0.25, -0.2) is 4.79 Å². The van der Waals surface area contributed by atoms with Crippen LogP contribution in [0.25, 0.3) is 6.08 Å². The summed E-state index contributed by atoms with van der Waals surface area (Å²) in [6.07, 6.45) is 3.46. The van der Waals surface area contributed by atoms with Gasteiger partial charge >= 0.3 is 5.97 Å². The number of carbonyl (C=O) groups excluding carboxylic acids is 1. The topological polar surface area (TPSA) is 75.6 Å². The minimum absolute atomic E-state index is 0.161. The van der Waals surface area contributed by atoms with Crippen LogP contribution in [0.5, 0.6) is 5.75 Å². The molecule has 5 nitrogen and oxygen atoms in total. The number of carbonyl (C=O) groups is 2. The summed E-state index contributed by atoms with van der Waals surface area (Å²) in [4.78, 5) is 24.3. The molecule has 6 heteroatoms. The normalized spacial score (nSPS) is 11.1. The van der Waals surface area contributed by atoms with Gasteiger partial charge in [-0.2, -0.15) is 0 Å². The van der Waals surface area contributed by atoms with E-state index in [0.717, 1.165) is 17.7 Å². The third-order valence-electron chi connectivity index (χ3n) is 3.19. The first-order valence-electron chi connectivity index (χ1n) is 7.63. The zero-order valence-electron chi connectivity index (χ0n) is 13.3. The summed E-state index contributed by atoms with van der Waals surface area (Å²) in [5.41, 5.74) is 0.210. The molecule has 24 heavy (non-hydrogen) atoms. The van der Waals surface area contributed by atoms with Crippen LogP contribution in [-0.2, 0) is 4.79 Å². The van der Waals surface area contributed by atoms with Crippen molar-refractivity contribution in [2.45, 2.75) is 19.8 Å². The van der Waals surface area contributed by atoms with Crippen LogP contribution < -0.4 is 10.1 Å². The lowest BCUT2D eigenvalue weighted by Crippen LogP contribution is -2.27. The molecule has 2 N–H and O–H groups in total. The summed E-state index contributed by atoms with van der Waals surface area (Å²) in [7, 11) is 0. The van der Waals surface area contributed by atoms with E-state index in [9.17, 15) is 14.7 Å². The van der Waals surface area contributed by atoms with Gasteiger partial charge in [-0.15, -0.1) is 11.3 Å². The Hall–Kier alpha value is -2.60. The van der Waals surface area contributed by atoms with Crippen LogP contribution in [0.4, 0.5) is 0 Å². The molecule has 0 aliphatic carbocycles. The van der Waals surface area contributed by atoms with Gasteiger partial charge in [0.05, 0.1) is 6.61 Å². The maximum atomic E-state index is 12.2. The second-order valence-corrected chi connectivity index (χ2v) is 6.04. The maximum Gasteiger partial charge on any atom is 0.352 e. The molecule has 0 atom stereocenters. The predicted octanol–water partition coefficient (Wildman–Crippen LogP) is 3.78. The first-order valence-corrected chi connectivity index (χ1v) is 8.51. The van der Waals surface area contributed by atoms with Crippen molar-refractivity contribution in [3.05, 3.63) is 57.9 Å². The number of benzene rings is 1. The summed E-state index contributed by atoms with van der Waals surface area (Å²) >= 11 is 1.40. The van der Waals surface area contributed by atoms with Gasteiger partial charge in [0.1, 0.15) is 11.4 Å². The van der Waals surface area contributed by atoms with Crippen molar-refractivity contribution >= 4 is 29.3 Å². The Labute approximate surface area is 144 Å². The van der Waals surface area contributed by atoms with Crippen LogP contribution in [0.3, 0.4) is 0 Å². The highest BCUT2D eigenvalue weighted by Gasteiger charge is 2.13. The minimum atomic E-state index is -1.18. The molecule has 0 bridgehead atoms. The highest BCUT2D eigenvalue weighted by Crippen LogP contribution is 2.15. The first-order chi connectivity index (χ1) is 11.6. The Balaban J connectivity index is 2.03. The van der Waals surface area contributed by atoms with Crippen LogP contribution >= 0.6 is 11.3 Å². The number of hydrogen-bond donors (Lipinski definition) is 2. The standard InChI is InChI=1S/C18H19NO4S/c1-2-3-10-23-14-8-6-13(7-9-14)17(20)19-16(18(21)22)12-15-5-4-11-24-15/h4-9,11-12H,2-3,10H2,1H3,(H,19,20)(H,21,22). The quantitative estimate of drug-likeness (QED) is 0.564. The number of amides is 1. The number of carboxylic acids is 1. The molecule has 0 saturated carbocycles. The van der Waals surface area contributed by atoms with E-state index in [1.54, 1.807) is 30.3 Å². The molecule has 0 unspecified atom stereocenters. The number of nitrogens with one attached hydrogen (secondary N) is 1. The zero-order valence-corrected chi connectivity index (χ0v) is 14.1. The van der Waals surface area contributed by atoms with E-state index < -0.39 is 11.9 Å². The van der Waals surface area contributed by atoms with E-state index in [2.05, 4.69) is 12.2 Å². The van der Waals surface area contributed by atoms with Crippen molar-refractivity contribution in [1.29, 1.82) is 0 Å². The predicted molar refractivity (Wildman–Crippen MR) is 94.2 cm³/mol. The summed E-state index contributed by atoms with van der Waals surface area (Å²) in [5.74, 6) is -0.968. The fraction of sp³-hybridized carbons (Fsp3) is 0.222. The number of aliphatic carboxylic acids is 1. The van der Waals surface area contributed by atoms with Gasteiger partial charge in [0, 0.05) is 10.4 Å². The molecule has 0 fully saturated rings. The van der Waals surface area contributed by atoms with E-state index in [-0.39, 0.29) is 5.70 Å². The lowest BCUT2D eigenvalue weighted by molar-refractivity contribution is -0.132. The molecule has 1 aromatic heterocycles. The molecule has 0 aliphatic rings. The van der Waals surface area contributed by atoms with Crippen LogP contribution in [0.1, 0.15) is 35.0 Å². The molecule has 126 valence electrons. The highest BCUT2D eigenvalue weighted by molar-refractivity contribution is 7.10. The second kappa shape index (κ2) is 8.88. The van der Waals surface area contributed by atoms with Crippen LogP contribution in [-0.4, -0.2) is 23.6 Å². The van der Waals surface area contributed by atoms with Crippen molar-refractivity contribution in [1.82, 2.24) is 5.32 Å². The van der Waals surface area contributed by atoms with Crippen molar-refractivity contribution in [2.24, 2.45) is 0 Å². The Kier molecular flexibility index (Phi) is 6.57. The zero-order chi connectivity index (χ0) is 17.4. The number of carboxylic acid groups (broad SMARTS) is 1. The Morgan fingerprint density at radius 3 is 2.58 bits per heavy atom. The van der Waals surface area contributed by atoms with E-state index in [1.165, 1.54) is 17.4 Å². The Morgan fingerprint density at radius 1 is 1.25 bits per heavy atom. The lowest BCUT2D eigenvalue weighted by atomic mass is 10.2. The molecule has 0 spiro atoms. The van der Waals surface area contributed by atoms with Gasteiger partial charge < -0.3 is 15.2 Å². The maximum absolute atomic E-state index is 12.2. The average Bonchev–Trinajstić information content (AvgIpc) is 3.08. The van der Waals surface area contributed by atoms with Crippen LogP contribution in [0.2, 0.25) is 0 Å². The SMILES string of the molecule is CCCCOc1ccc(C(=O)NC(=Cc2cccs2)C(=O)O)cc1. The van der Waals surface area contributed by atoms with E-state index in [1.807, 2.05) is 11.4 Å². The lowest BCUT2D eigenvalue weighted by Gasteiger charge is -2.08. The summed E-state index contributed by atoms with van der Waals surface area (Å²) in [5, 5.41) is 13.5. The average molecular weight is 345 g/mol. The van der Waals surface area contributed by atoms with Gasteiger partial charge in [0.25, 0.3) is 5.91 Å². The molecule has 1 heterocycles. The van der Waals surface area contributed by atoms with Crippen molar-refractivity contribution in [3.8, 4) is 5.75 Å². The fourth-order valence-corrected chi connectivity index (χ4v) is 2.56. The number of hydrogen-bond acceptors (Lipinski definition) is 4. The number of rotatable bonds is 8. The molecule has 1 aromatic carbocycles. The van der Waals surface area contributed by atoms with Crippen molar-refractivity contribution in [2.75, 3.05) is 6.61 Å². The van der Waals surface area contributed by atoms with Crippen LogP contribution in [0, 0.1) is 0 Å². The third-order valence-corrected chi connectivity index (χ3v) is 4.01. The van der Waals surface area contributed by atoms with Gasteiger partial charge in [0.15, 0.2) is 0 Å². The minimum Gasteiger partial charge on any atom is -0.494 e. The van der Waals surface area contributed by atoms with Gasteiger partial charge in [-0.05, 0) is 48.2 Å². The third kappa shape index (κ3) is 5.24. The van der Waals surface area contributed by atoms with E-state index in [4.69, 9.17) is 4.74 Å². The highest BCUT2D eigenvalue weighted by atomic mass is 32.1. The molecular formula is C18H19NO4S. The van der Waals surface area contributed by atoms with E-state index >= 15 is 0 Å². The Bertz CT molecular complexity index is 705. The largest absolute Gasteiger partial charge is 0.494 e. The molecule has 1 amide bonds. The van der Waals surface area contributed by atoms with Crippen LogP contribution in [0.15, 0.2) is 47.5 Å². The molecule has 0 saturated heterocycles. The first kappa shape index (κ1) is 17.7.